The van der Waals surface area contributed by atoms with Gasteiger partial charge < -0.3 is 0 Å². The van der Waals surface area contributed by atoms with E-state index in [4.69, 9.17) is 0 Å². The van der Waals surface area contributed by atoms with E-state index in [1.165, 1.54) is 4.90 Å². The summed E-state index contributed by atoms with van der Waals surface area (Å²) in [4.78, 5) is 1.36. The molecule has 0 atom stereocenters. The van der Waals surface area contributed by atoms with Crippen LogP contribution in [0.4, 0.5) is 0 Å². The van der Waals surface area contributed by atoms with Crippen molar-refractivity contribution in [2.45, 2.75) is 4.90 Å². The molecule has 0 bridgehead atoms. The summed E-state index contributed by atoms with van der Waals surface area (Å²) in [6, 6.07) is 2.13. The predicted octanol–water partition coefficient (Wildman–Crippen LogP) is 3.12. The highest BCUT2D eigenvalue weighted by atomic mass is 33.1. The second kappa shape index (κ2) is 3.43. The molecule has 0 aromatic carbocycles. The molecular weight excluding hydrogens is 156 g/mol. The topological polar surface area (TPSA) is 0 Å². The van der Waals surface area contributed by atoms with E-state index in [0.717, 1.165) is 0 Å². The average molecular weight is 162 g/mol. The van der Waals surface area contributed by atoms with Gasteiger partial charge in [-0.05, 0) is 17.7 Å². The van der Waals surface area contributed by atoms with E-state index in [2.05, 4.69) is 23.1 Å². The fourth-order valence-electron chi connectivity index (χ4n) is 0.396. The third-order valence-electron chi connectivity index (χ3n) is 0.675. The average Bonchev–Trinajstić information content (AvgIpc) is 2.19. The van der Waals surface area contributed by atoms with Crippen LogP contribution in [0.1, 0.15) is 0 Å². The van der Waals surface area contributed by atoms with E-state index in [1.54, 1.807) is 22.1 Å². The lowest BCUT2D eigenvalue weighted by Crippen LogP contribution is -1.49. The van der Waals surface area contributed by atoms with Crippen LogP contribution < -0.4 is 0 Å². The maximum absolute atomic E-state index is 2.15. The molecule has 0 amide bonds. The van der Waals surface area contributed by atoms with Crippen molar-refractivity contribution in [1.29, 1.82) is 0 Å². The fraction of sp³-hybridized carbons (Fsp3) is 0.200. The van der Waals surface area contributed by atoms with Crippen LogP contribution in [0.5, 0.6) is 0 Å². The highest BCUT2D eigenvalue weighted by Gasteiger charge is 1.87. The molecule has 1 rings (SSSR count). The number of thiophene rings is 1. The standard InChI is InChI=1S/C5H6S3/c1-6-8-5-2-3-7-4-5/h2-4H,1H3. The molecule has 1 heterocycles. The van der Waals surface area contributed by atoms with E-state index in [0.29, 0.717) is 0 Å². The molecule has 0 N–H and O–H groups in total. The van der Waals surface area contributed by atoms with Gasteiger partial charge in [0.25, 0.3) is 0 Å². The first kappa shape index (κ1) is 6.52. The molecule has 0 saturated carbocycles. The van der Waals surface area contributed by atoms with Crippen LogP contribution in [-0.2, 0) is 0 Å². The lowest BCUT2D eigenvalue weighted by atomic mass is 10.7. The molecule has 0 nitrogen and oxygen atoms in total. The molecule has 0 aliphatic heterocycles. The zero-order valence-corrected chi connectivity index (χ0v) is 6.91. The quantitative estimate of drug-likeness (QED) is 0.613. The number of hydrogen-bond donors (Lipinski definition) is 0. The van der Waals surface area contributed by atoms with Crippen LogP contribution in [-0.4, -0.2) is 6.26 Å². The van der Waals surface area contributed by atoms with Gasteiger partial charge in [0.15, 0.2) is 0 Å². The van der Waals surface area contributed by atoms with E-state index in [9.17, 15) is 0 Å². The lowest BCUT2D eigenvalue weighted by Gasteiger charge is -1.85. The third-order valence-corrected chi connectivity index (χ3v) is 3.20. The van der Waals surface area contributed by atoms with Gasteiger partial charge in [0.2, 0.25) is 0 Å². The largest absolute Gasteiger partial charge is 0.151 e. The summed E-state index contributed by atoms with van der Waals surface area (Å²) in [5.41, 5.74) is 0. The Morgan fingerprint density at radius 1 is 1.62 bits per heavy atom. The van der Waals surface area contributed by atoms with Crippen LogP contribution in [0.15, 0.2) is 21.7 Å². The maximum Gasteiger partial charge on any atom is 0.0289 e. The van der Waals surface area contributed by atoms with Gasteiger partial charge in [0.1, 0.15) is 0 Å². The van der Waals surface area contributed by atoms with Crippen molar-refractivity contribution in [3.05, 3.63) is 16.8 Å². The Labute approximate surface area is 61.1 Å². The highest BCUT2D eigenvalue weighted by molar-refractivity contribution is 8.76. The van der Waals surface area contributed by atoms with Crippen molar-refractivity contribution in [2.24, 2.45) is 0 Å². The minimum absolute atomic E-state index is 1.36. The van der Waals surface area contributed by atoms with E-state index < -0.39 is 0 Å². The molecule has 0 radical (unpaired) electrons. The smallest absolute Gasteiger partial charge is 0.0289 e. The molecule has 0 aliphatic carbocycles. The van der Waals surface area contributed by atoms with Gasteiger partial charge in [-0.15, -0.1) is 0 Å². The normalized spacial score (nSPS) is 9.62. The first-order valence-electron chi connectivity index (χ1n) is 2.16. The van der Waals surface area contributed by atoms with Crippen LogP contribution in [0.2, 0.25) is 0 Å². The van der Waals surface area contributed by atoms with Gasteiger partial charge in [-0.3, -0.25) is 0 Å². The van der Waals surface area contributed by atoms with Crippen molar-refractivity contribution in [3.63, 3.8) is 0 Å². The Hall–Kier alpha value is 0.400. The molecule has 1 aromatic rings. The van der Waals surface area contributed by atoms with Crippen molar-refractivity contribution in [3.8, 4) is 0 Å². The first-order valence-corrected chi connectivity index (χ1v) is 5.66. The van der Waals surface area contributed by atoms with Crippen LogP contribution in [0.3, 0.4) is 0 Å². The van der Waals surface area contributed by atoms with Crippen LogP contribution in [0.25, 0.3) is 0 Å². The second-order valence-corrected chi connectivity index (χ2v) is 4.46. The Morgan fingerprint density at radius 2 is 2.50 bits per heavy atom. The van der Waals surface area contributed by atoms with Crippen molar-refractivity contribution < 1.29 is 0 Å². The Balaban J connectivity index is 2.50. The predicted molar refractivity (Wildman–Crippen MR) is 43.7 cm³/mol. The molecular formula is C5H6S3. The van der Waals surface area contributed by atoms with Crippen molar-refractivity contribution in [1.82, 2.24) is 0 Å². The summed E-state index contributed by atoms with van der Waals surface area (Å²) in [7, 11) is 3.59. The summed E-state index contributed by atoms with van der Waals surface area (Å²) < 4.78 is 0. The molecule has 0 spiro atoms. The van der Waals surface area contributed by atoms with Crippen LogP contribution >= 0.6 is 32.9 Å². The van der Waals surface area contributed by atoms with Gasteiger partial charge >= 0.3 is 0 Å². The maximum atomic E-state index is 2.15. The lowest BCUT2D eigenvalue weighted by molar-refractivity contribution is 1.62. The second-order valence-electron chi connectivity index (χ2n) is 1.21. The Kier molecular flexibility index (Phi) is 2.80. The summed E-state index contributed by atoms with van der Waals surface area (Å²) >= 11 is 1.75. The monoisotopic (exact) mass is 162 g/mol. The Morgan fingerprint density at radius 3 is 3.00 bits per heavy atom. The van der Waals surface area contributed by atoms with Crippen molar-refractivity contribution >= 4 is 32.9 Å². The SMILES string of the molecule is CSSc1ccsc1. The summed E-state index contributed by atoms with van der Waals surface area (Å²) in [5, 5.41) is 4.25. The molecule has 0 fully saturated rings. The van der Waals surface area contributed by atoms with Crippen molar-refractivity contribution in [2.75, 3.05) is 6.26 Å². The minimum atomic E-state index is 1.36. The summed E-state index contributed by atoms with van der Waals surface area (Å²) in [5.74, 6) is 0. The summed E-state index contributed by atoms with van der Waals surface area (Å²) in [6.07, 6.45) is 2.09. The van der Waals surface area contributed by atoms with Gasteiger partial charge in [0, 0.05) is 10.3 Å². The first-order chi connectivity index (χ1) is 3.93. The molecule has 0 unspecified atom stereocenters. The Bertz CT molecular complexity index is 133. The van der Waals surface area contributed by atoms with Gasteiger partial charge in [0.05, 0.1) is 0 Å². The zero-order valence-electron chi connectivity index (χ0n) is 4.46. The highest BCUT2D eigenvalue weighted by Crippen LogP contribution is 2.29. The third kappa shape index (κ3) is 1.73. The molecule has 1 aromatic heterocycles. The molecule has 0 saturated heterocycles. The molecule has 44 valence electrons. The van der Waals surface area contributed by atoms with Gasteiger partial charge in [-0.1, -0.05) is 21.6 Å². The van der Waals surface area contributed by atoms with E-state index in [1.807, 2.05) is 10.8 Å². The molecule has 8 heavy (non-hydrogen) atoms. The minimum Gasteiger partial charge on any atom is -0.151 e. The summed E-state index contributed by atoms with van der Waals surface area (Å²) in [6.45, 7) is 0. The van der Waals surface area contributed by atoms with Crippen LogP contribution in [0, 0.1) is 0 Å². The zero-order chi connectivity index (χ0) is 5.82. The molecule has 3 heteroatoms. The number of rotatable bonds is 2. The van der Waals surface area contributed by atoms with E-state index >= 15 is 0 Å². The van der Waals surface area contributed by atoms with Gasteiger partial charge in [-0.25, -0.2) is 0 Å². The van der Waals surface area contributed by atoms with E-state index in [-0.39, 0.29) is 0 Å². The van der Waals surface area contributed by atoms with Gasteiger partial charge in [-0.2, -0.15) is 11.3 Å². The molecule has 0 aliphatic rings. The fourth-order valence-corrected chi connectivity index (χ4v) is 2.74. The number of hydrogen-bond acceptors (Lipinski definition) is 3.